The quantitative estimate of drug-likeness (QED) is 0.228. The molecule has 2 aromatic rings. The molecule has 0 saturated carbocycles. The molecule has 0 aliphatic heterocycles. The minimum Gasteiger partial charge on any atom is -0.508 e. The first-order valence-corrected chi connectivity index (χ1v) is 12.9. The van der Waals surface area contributed by atoms with Gasteiger partial charge in [0, 0.05) is 19.0 Å². The van der Waals surface area contributed by atoms with Crippen LogP contribution in [0.1, 0.15) is 69.7 Å². The monoisotopic (exact) mass is 521 g/mol. The number of amides is 3. The van der Waals surface area contributed by atoms with Crippen molar-refractivity contribution in [2.45, 2.75) is 78.0 Å². The summed E-state index contributed by atoms with van der Waals surface area (Å²) >= 11 is 0. The van der Waals surface area contributed by atoms with Gasteiger partial charge < -0.3 is 20.5 Å². The second-order valence-electron chi connectivity index (χ2n) is 10.2. The number of nitrogens with one attached hydrogen (secondary N) is 2. The first kappa shape index (κ1) is 30.2. The summed E-state index contributed by atoms with van der Waals surface area (Å²) in [5, 5.41) is 15.2. The Morgan fingerprint density at radius 2 is 1.79 bits per heavy atom. The van der Waals surface area contributed by atoms with E-state index in [4.69, 9.17) is 11.2 Å². The smallest absolute Gasteiger partial charge is 0.408 e. The van der Waals surface area contributed by atoms with Crippen LogP contribution in [-0.4, -0.2) is 46.1 Å². The molecule has 2 rings (SSSR count). The zero-order valence-electron chi connectivity index (χ0n) is 22.9. The fourth-order valence-corrected chi connectivity index (χ4v) is 3.89. The van der Waals surface area contributed by atoms with Gasteiger partial charge in [-0.1, -0.05) is 68.2 Å². The van der Waals surface area contributed by atoms with E-state index in [0.29, 0.717) is 17.7 Å². The molecule has 38 heavy (non-hydrogen) atoms. The van der Waals surface area contributed by atoms with Gasteiger partial charge in [-0.25, -0.2) is 4.79 Å². The van der Waals surface area contributed by atoms with E-state index < -0.39 is 35.6 Å². The molecule has 0 aliphatic carbocycles. The van der Waals surface area contributed by atoms with Gasteiger partial charge in [-0.15, -0.1) is 0 Å². The lowest BCUT2D eigenvalue weighted by Gasteiger charge is -2.30. The molecule has 0 aliphatic rings. The van der Waals surface area contributed by atoms with E-state index >= 15 is 0 Å². The van der Waals surface area contributed by atoms with E-state index in [0.717, 1.165) is 29.7 Å². The van der Waals surface area contributed by atoms with Gasteiger partial charge in [0.2, 0.25) is 5.91 Å². The zero-order valence-corrected chi connectivity index (χ0v) is 22.9. The number of benzene rings is 2. The topological polar surface area (TPSA) is 108 Å². The average Bonchev–Trinajstić information content (AvgIpc) is 2.84. The molecule has 0 radical (unpaired) electrons. The summed E-state index contributed by atoms with van der Waals surface area (Å²) in [6.07, 6.45) is 7.88. The van der Waals surface area contributed by atoms with Gasteiger partial charge in [0.25, 0.3) is 5.91 Å². The number of carbonyl (C=O) groups excluding carboxylic acids is 3. The number of terminal acetylenes is 1. The number of carbonyl (C=O) groups is 3. The third-order valence-electron chi connectivity index (χ3n) is 5.69. The van der Waals surface area contributed by atoms with Crippen LogP contribution in [0.15, 0.2) is 48.5 Å². The summed E-state index contributed by atoms with van der Waals surface area (Å²) in [6.45, 7) is 9.56. The maximum atomic E-state index is 13.9. The Morgan fingerprint density at radius 1 is 1.11 bits per heavy atom. The highest BCUT2D eigenvalue weighted by atomic mass is 16.6. The number of phenols is 1. The number of aromatic hydroxyl groups is 1. The summed E-state index contributed by atoms with van der Waals surface area (Å²) in [7, 11) is 0. The normalized spacial score (nSPS) is 12.5. The number of hydrogen-bond acceptors (Lipinski definition) is 5. The summed E-state index contributed by atoms with van der Waals surface area (Å²) in [6, 6.07) is 13.7. The van der Waals surface area contributed by atoms with Gasteiger partial charge >= 0.3 is 6.09 Å². The lowest BCUT2D eigenvalue weighted by atomic mass is 9.99. The first-order valence-electron chi connectivity index (χ1n) is 12.9. The maximum Gasteiger partial charge on any atom is 0.408 e. The van der Waals surface area contributed by atoms with E-state index in [9.17, 15) is 19.5 Å². The molecular weight excluding hydrogens is 482 g/mol. The van der Waals surface area contributed by atoms with Crippen molar-refractivity contribution in [3.8, 4) is 18.2 Å². The van der Waals surface area contributed by atoms with Crippen molar-refractivity contribution in [1.82, 2.24) is 15.5 Å². The summed E-state index contributed by atoms with van der Waals surface area (Å²) < 4.78 is 5.38. The van der Waals surface area contributed by atoms with Crippen molar-refractivity contribution in [2.24, 2.45) is 0 Å². The number of phenolic OH excluding ortho intramolecular Hbond substituents is 1. The molecule has 8 heteroatoms. The van der Waals surface area contributed by atoms with Gasteiger partial charge in [0.15, 0.2) is 0 Å². The van der Waals surface area contributed by atoms with Crippen LogP contribution < -0.4 is 10.6 Å². The van der Waals surface area contributed by atoms with Gasteiger partial charge in [-0.2, -0.15) is 0 Å². The fourth-order valence-electron chi connectivity index (χ4n) is 3.89. The molecule has 3 amide bonds. The Bertz CT molecular complexity index is 1130. The van der Waals surface area contributed by atoms with E-state index in [1.54, 1.807) is 45.0 Å². The predicted octanol–water partition coefficient (Wildman–Crippen LogP) is 4.60. The number of ether oxygens (including phenoxy) is 1. The van der Waals surface area contributed by atoms with Crippen LogP contribution >= 0.6 is 0 Å². The van der Waals surface area contributed by atoms with Gasteiger partial charge in [0.1, 0.15) is 23.4 Å². The Hall–Kier alpha value is -3.99. The predicted molar refractivity (Wildman–Crippen MR) is 147 cm³/mol. The van der Waals surface area contributed by atoms with E-state index in [-0.39, 0.29) is 12.2 Å². The number of nitrogens with zero attached hydrogens (tertiary/aromatic N) is 1. The van der Waals surface area contributed by atoms with Crippen molar-refractivity contribution in [3.05, 3.63) is 65.2 Å². The minimum atomic E-state index is -1.13. The molecule has 0 heterocycles. The number of aryl methyl sites for hydroxylation is 1. The van der Waals surface area contributed by atoms with Crippen LogP contribution in [0.3, 0.4) is 0 Å². The van der Waals surface area contributed by atoms with Crippen molar-refractivity contribution >= 4 is 17.9 Å². The van der Waals surface area contributed by atoms with Gasteiger partial charge in [0.05, 0.1) is 0 Å². The number of hydrogen-bond donors (Lipinski definition) is 3. The number of alkyl carbamates (subject to hydrolysis) is 1. The number of unbranched alkanes of at least 4 members (excludes halogenated alkanes) is 2. The third-order valence-corrected chi connectivity index (χ3v) is 5.69. The zero-order chi connectivity index (χ0) is 28.3. The fraction of sp³-hybridized carbons (Fsp3) is 0.433. The molecule has 0 bridgehead atoms. The van der Waals surface area contributed by atoms with Crippen LogP contribution in [0.2, 0.25) is 0 Å². The maximum absolute atomic E-state index is 13.9. The van der Waals surface area contributed by atoms with Crippen LogP contribution in [0.4, 0.5) is 4.79 Å². The molecule has 0 aromatic heterocycles. The van der Waals surface area contributed by atoms with E-state index in [1.165, 1.54) is 12.1 Å². The number of rotatable bonds is 11. The van der Waals surface area contributed by atoms with E-state index in [1.807, 2.05) is 19.1 Å². The highest BCUT2D eigenvalue weighted by Crippen LogP contribution is 2.24. The Balaban J connectivity index is 2.43. The highest BCUT2D eigenvalue weighted by Gasteiger charge is 2.36. The lowest BCUT2D eigenvalue weighted by molar-refractivity contribution is -0.138. The molecule has 2 aromatic carbocycles. The molecule has 2 unspecified atom stereocenters. The lowest BCUT2D eigenvalue weighted by Crippen LogP contribution is -2.52. The van der Waals surface area contributed by atoms with Gasteiger partial charge in [-0.3, -0.25) is 14.5 Å². The largest absolute Gasteiger partial charge is 0.508 e. The second-order valence-corrected chi connectivity index (χ2v) is 10.2. The molecule has 8 nitrogen and oxygen atoms in total. The Morgan fingerprint density at radius 3 is 2.37 bits per heavy atom. The SMILES string of the molecule is C#CN(C(=O)C(Cc1ccc(O)cc1)NC(=O)OC(C)(C)C)C(C(=O)NCCCCC)c1cccc(C)c1. The van der Waals surface area contributed by atoms with Gasteiger partial charge in [-0.05, 0) is 57.4 Å². The van der Waals surface area contributed by atoms with Crippen molar-refractivity contribution in [1.29, 1.82) is 0 Å². The third kappa shape index (κ3) is 9.47. The van der Waals surface area contributed by atoms with Crippen LogP contribution in [-0.2, 0) is 20.7 Å². The Labute approximate surface area is 225 Å². The van der Waals surface area contributed by atoms with Crippen molar-refractivity contribution < 1.29 is 24.2 Å². The highest BCUT2D eigenvalue weighted by molar-refractivity contribution is 5.93. The molecule has 0 saturated heterocycles. The summed E-state index contributed by atoms with van der Waals surface area (Å²) in [5.74, 6) is -0.971. The van der Waals surface area contributed by atoms with Crippen LogP contribution in [0.25, 0.3) is 0 Å². The molecule has 2 atom stereocenters. The molecule has 0 spiro atoms. The average molecular weight is 522 g/mol. The molecule has 3 N–H and O–H groups in total. The summed E-state index contributed by atoms with van der Waals surface area (Å²) in [4.78, 5) is 41.0. The van der Waals surface area contributed by atoms with Crippen molar-refractivity contribution in [3.63, 3.8) is 0 Å². The second kappa shape index (κ2) is 14.1. The Kier molecular flexibility index (Phi) is 11.2. The van der Waals surface area contributed by atoms with E-state index in [2.05, 4.69) is 23.6 Å². The molecule has 0 fully saturated rings. The van der Waals surface area contributed by atoms with Crippen LogP contribution in [0, 0.1) is 19.4 Å². The van der Waals surface area contributed by atoms with Crippen LogP contribution in [0.5, 0.6) is 5.75 Å². The molecular formula is C30H39N3O5. The van der Waals surface area contributed by atoms with Crippen molar-refractivity contribution in [2.75, 3.05) is 6.54 Å². The summed E-state index contributed by atoms with van der Waals surface area (Å²) in [5.41, 5.74) is 1.35. The standard InChI is InChI=1S/C30H39N3O5/c1-7-9-10-18-31-27(35)26(23-13-11-12-21(3)19-23)33(8-2)28(36)25(32-29(37)38-30(4,5)6)20-22-14-16-24(34)17-15-22/h2,11-17,19,25-26,34H,7,9-10,18,20H2,1,3-6H3,(H,31,35)(H,32,37). The molecule has 204 valence electrons. The minimum absolute atomic E-state index is 0.0647. The first-order chi connectivity index (χ1) is 17.9.